The fourth-order valence-electron chi connectivity index (χ4n) is 1.23. The Bertz CT molecular complexity index is 240. The number of carbonyl (C=O) groups excluding carboxylic acids is 2. The van der Waals surface area contributed by atoms with Gasteiger partial charge in [-0.05, 0) is 19.8 Å². The van der Waals surface area contributed by atoms with Crippen LogP contribution in [0, 0.1) is 5.92 Å². The number of amides is 2. The highest BCUT2D eigenvalue weighted by Crippen LogP contribution is 2.17. The minimum atomic E-state index is -0.576. The van der Waals surface area contributed by atoms with Gasteiger partial charge >= 0.3 is 0 Å². The van der Waals surface area contributed by atoms with E-state index in [4.69, 9.17) is 5.73 Å². The monoisotopic (exact) mass is 182 g/mol. The van der Waals surface area contributed by atoms with Crippen LogP contribution in [0.2, 0.25) is 0 Å². The third-order valence-electron chi connectivity index (χ3n) is 2.16. The van der Waals surface area contributed by atoms with Crippen LogP contribution in [0.4, 0.5) is 0 Å². The van der Waals surface area contributed by atoms with Gasteiger partial charge in [-0.3, -0.25) is 9.59 Å². The molecule has 72 valence electrons. The summed E-state index contributed by atoms with van der Waals surface area (Å²) in [6, 6.07) is -0.576. The fourth-order valence-corrected chi connectivity index (χ4v) is 1.23. The van der Waals surface area contributed by atoms with E-state index in [-0.39, 0.29) is 11.8 Å². The van der Waals surface area contributed by atoms with Crippen LogP contribution in [0.15, 0.2) is 12.2 Å². The second kappa shape index (κ2) is 4.07. The maximum atomic E-state index is 11.4. The molecule has 13 heavy (non-hydrogen) atoms. The van der Waals surface area contributed by atoms with Gasteiger partial charge in [-0.25, -0.2) is 0 Å². The molecule has 1 rings (SSSR count). The molecule has 4 heteroatoms. The summed E-state index contributed by atoms with van der Waals surface area (Å²) < 4.78 is 0. The highest BCUT2D eigenvalue weighted by Gasteiger charge is 2.21. The van der Waals surface area contributed by atoms with Crippen molar-refractivity contribution >= 4 is 11.8 Å². The van der Waals surface area contributed by atoms with E-state index in [1.54, 1.807) is 6.92 Å². The third-order valence-corrected chi connectivity index (χ3v) is 2.16. The number of hydrogen-bond donors (Lipinski definition) is 2. The molecule has 1 aliphatic carbocycles. The summed E-state index contributed by atoms with van der Waals surface area (Å²) >= 11 is 0. The molecule has 0 unspecified atom stereocenters. The Morgan fingerprint density at radius 1 is 1.46 bits per heavy atom. The summed E-state index contributed by atoms with van der Waals surface area (Å²) in [4.78, 5) is 22.0. The summed E-state index contributed by atoms with van der Waals surface area (Å²) in [7, 11) is 0. The average molecular weight is 182 g/mol. The van der Waals surface area contributed by atoms with E-state index in [2.05, 4.69) is 5.32 Å². The smallest absolute Gasteiger partial charge is 0.239 e. The summed E-state index contributed by atoms with van der Waals surface area (Å²) in [5.41, 5.74) is 5.01. The fraction of sp³-hybridized carbons (Fsp3) is 0.556. The van der Waals surface area contributed by atoms with E-state index in [9.17, 15) is 9.59 Å². The van der Waals surface area contributed by atoms with Gasteiger partial charge in [0.25, 0.3) is 0 Å². The number of rotatable bonds is 3. The molecule has 0 saturated carbocycles. The number of carbonyl (C=O) groups is 2. The minimum absolute atomic E-state index is 0.0122. The standard InChI is InChI=1S/C9H14N2O2/c1-6(8(10)12)11-9(13)7-4-2-3-5-7/h2-3,6-7H,4-5H2,1H3,(H2,10,12)(H,11,13)/t6-/m1/s1. The highest BCUT2D eigenvalue weighted by atomic mass is 16.2. The van der Waals surface area contributed by atoms with E-state index < -0.39 is 11.9 Å². The van der Waals surface area contributed by atoms with Crippen molar-refractivity contribution in [3.8, 4) is 0 Å². The van der Waals surface area contributed by atoms with Crippen molar-refractivity contribution in [2.24, 2.45) is 11.7 Å². The van der Waals surface area contributed by atoms with Crippen molar-refractivity contribution in [2.75, 3.05) is 0 Å². The Morgan fingerprint density at radius 3 is 2.46 bits per heavy atom. The maximum Gasteiger partial charge on any atom is 0.239 e. The number of primary amides is 1. The van der Waals surface area contributed by atoms with Crippen molar-refractivity contribution in [1.29, 1.82) is 0 Å². The van der Waals surface area contributed by atoms with Gasteiger partial charge in [-0.1, -0.05) is 12.2 Å². The quantitative estimate of drug-likeness (QED) is 0.600. The maximum absolute atomic E-state index is 11.4. The zero-order chi connectivity index (χ0) is 9.84. The van der Waals surface area contributed by atoms with Crippen LogP contribution in [-0.4, -0.2) is 17.9 Å². The van der Waals surface area contributed by atoms with Crippen molar-refractivity contribution in [3.05, 3.63) is 12.2 Å². The molecular formula is C9H14N2O2. The lowest BCUT2D eigenvalue weighted by Crippen LogP contribution is -2.44. The van der Waals surface area contributed by atoms with Gasteiger partial charge in [-0.15, -0.1) is 0 Å². The molecule has 1 atom stereocenters. The first-order valence-corrected chi connectivity index (χ1v) is 4.36. The van der Waals surface area contributed by atoms with Gasteiger partial charge in [0.1, 0.15) is 6.04 Å². The van der Waals surface area contributed by atoms with Gasteiger partial charge in [0.05, 0.1) is 0 Å². The summed E-state index contributed by atoms with van der Waals surface area (Å²) in [5.74, 6) is -0.600. The number of hydrogen-bond acceptors (Lipinski definition) is 2. The second-order valence-corrected chi connectivity index (χ2v) is 3.27. The first-order valence-electron chi connectivity index (χ1n) is 4.36. The number of nitrogens with two attached hydrogens (primary N) is 1. The molecule has 2 amide bonds. The SMILES string of the molecule is C[C@@H](NC(=O)C1CC=CC1)C(N)=O. The Morgan fingerprint density at radius 2 is 2.00 bits per heavy atom. The Kier molecular flexibility index (Phi) is 3.06. The van der Waals surface area contributed by atoms with Gasteiger partial charge in [0.2, 0.25) is 11.8 Å². The summed E-state index contributed by atoms with van der Waals surface area (Å²) in [6.07, 6.45) is 5.47. The molecule has 0 saturated heterocycles. The largest absolute Gasteiger partial charge is 0.368 e. The lowest BCUT2D eigenvalue weighted by Gasteiger charge is -2.13. The Balaban J connectivity index is 2.36. The molecule has 0 spiro atoms. The van der Waals surface area contributed by atoms with Crippen molar-refractivity contribution < 1.29 is 9.59 Å². The van der Waals surface area contributed by atoms with E-state index in [0.717, 1.165) is 12.8 Å². The van der Waals surface area contributed by atoms with Crippen LogP contribution >= 0.6 is 0 Å². The molecule has 0 fully saturated rings. The molecule has 0 aromatic carbocycles. The van der Waals surface area contributed by atoms with Crippen LogP contribution in [0.5, 0.6) is 0 Å². The van der Waals surface area contributed by atoms with Gasteiger partial charge in [0.15, 0.2) is 0 Å². The molecule has 0 aromatic rings. The van der Waals surface area contributed by atoms with E-state index in [1.165, 1.54) is 0 Å². The first-order chi connectivity index (χ1) is 6.11. The molecule has 0 aliphatic heterocycles. The predicted molar refractivity (Wildman–Crippen MR) is 48.7 cm³/mol. The molecule has 0 aromatic heterocycles. The molecule has 0 bridgehead atoms. The second-order valence-electron chi connectivity index (χ2n) is 3.27. The van der Waals surface area contributed by atoms with Crippen molar-refractivity contribution in [1.82, 2.24) is 5.32 Å². The molecule has 0 heterocycles. The van der Waals surface area contributed by atoms with E-state index >= 15 is 0 Å². The zero-order valence-corrected chi connectivity index (χ0v) is 7.62. The van der Waals surface area contributed by atoms with Crippen LogP contribution < -0.4 is 11.1 Å². The zero-order valence-electron chi connectivity index (χ0n) is 7.62. The molecule has 3 N–H and O–H groups in total. The van der Waals surface area contributed by atoms with Crippen LogP contribution in [0.25, 0.3) is 0 Å². The Labute approximate surface area is 77.2 Å². The molecule has 4 nitrogen and oxygen atoms in total. The summed E-state index contributed by atoms with van der Waals surface area (Å²) in [6.45, 7) is 1.59. The van der Waals surface area contributed by atoms with Crippen molar-refractivity contribution in [2.45, 2.75) is 25.8 Å². The van der Waals surface area contributed by atoms with Crippen LogP contribution in [0.1, 0.15) is 19.8 Å². The van der Waals surface area contributed by atoms with Crippen LogP contribution in [0.3, 0.4) is 0 Å². The first kappa shape index (κ1) is 9.77. The topological polar surface area (TPSA) is 72.2 Å². The molecular weight excluding hydrogens is 168 g/mol. The van der Waals surface area contributed by atoms with Gasteiger partial charge in [0, 0.05) is 5.92 Å². The summed E-state index contributed by atoms with van der Waals surface area (Å²) in [5, 5.41) is 2.57. The van der Waals surface area contributed by atoms with Crippen LogP contribution in [-0.2, 0) is 9.59 Å². The van der Waals surface area contributed by atoms with Crippen molar-refractivity contribution in [3.63, 3.8) is 0 Å². The lowest BCUT2D eigenvalue weighted by atomic mass is 10.1. The predicted octanol–water partition coefficient (Wildman–Crippen LogP) is -0.0574. The number of allylic oxidation sites excluding steroid dienone is 2. The molecule has 1 aliphatic rings. The number of nitrogens with one attached hydrogen (secondary N) is 1. The molecule has 0 radical (unpaired) electrons. The normalized spacial score (nSPS) is 18.5. The van der Waals surface area contributed by atoms with Gasteiger partial charge in [-0.2, -0.15) is 0 Å². The lowest BCUT2D eigenvalue weighted by molar-refractivity contribution is -0.129. The minimum Gasteiger partial charge on any atom is -0.368 e. The third kappa shape index (κ3) is 2.57. The average Bonchev–Trinajstić information content (AvgIpc) is 2.55. The highest BCUT2D eigenvalue weighted by molar-refractivity contribution is 5.87. The van der Waals surface area contributed by atoms with Gasteiger partial charge < -0.3 is 11.1 Å². The van der Waals surface area contributed by atoms with E-state index in [0.29, 0.717) is 0 Å². The van der Waals surface area contributed by atoms with E-state index in [1.807, 2.05) is 12.2 Å². The Hall–Kier alpha value is -1.32.